The first-order chi connectivity index (χ1) is 9.99. The summed E-state index contributed by atoms with van der Waals surface area (Å²) in [6.07, 6.45) is 6.05. The Kier molecular flexibility index (Phi) is 5.23. The molecule has 21 heavy (non-hydrogen) atoms. The summed E-state index contributed by atoms with van der Waals surface area (Å²) in [5.41, 5.74) is 0.562. The van der Waals surface area contributed by atoms with E-state index in [1.807, 2.05) is 0 Å². The quantitative estimate of drug-likeness (QED) is 0.626. The van der Waals surface area contributed by atoms with Crippen molar-refractivity contribution in [3.8, 4) is 5.75 Å². The Bertz CT molecular complexity index is 605. The van der Waals surface area contributed by atoms with Crippen LogP contribution in [0, 0.1) is 11.7 Å². The first kappa shape index (κ1) is 15.8. The molecule has 0 aliphatic carbocycles. The second kappa shape index (κ2) is 6.94. The van der Waals surface area contributed by atoms with Crippen molar-refractivity contribution in [1.29, 1.82) is 0 Å². The molecule has 0 bridgehead atoms. The number of halogens is 2. The molecule has 1 aromatic rings. The van der Waals surface area contributed by atoms with Crippen LogP contribution in [0.1, 0.15) is 32.3 Å². The van der Waals surface area contributed by atoms with E-state index in [4.69, 9.17) is 4.74 Å². The average molecular weight is 308 g/mol. The van der Waals surface area contributed by atoms with Gasteiger partial charge in [-0.3, -0.25) is 0 Å². The molecule has 0 radical (unpaired) electrons. The highest BCUT2D eigenvalue weighted by atomic mass is 32.2. The highest BCUT2D eigenvalue weighted by Crippen LogP contribution is 2.42. The maximum Gasteiger partial charge on any atom is 0.270 e. The lowest BCUT2D eigenvalue weighted by Gasteiger charge is -2.13. The molecule has 0 aromatic heterocycles. The fourth-order valence-corrected chi connectivity index (χ4v) is 3.33. The molecular weight excluding hydrogens is 290 g/mol. The molecule has 2 rings (SSSR count). The van der Waals surface area contributed by atoms with Gasteiger partial charge >= 0.3 is 0 Å². The van der Waals surface area contributed by atoms with Crippen molar-refractivity contribution < 1.29 is 13.5 Å². The summed E-state index contributed by atoms with van der Waals surface area (Å²) in [5.74, 6) is 0.342. The van der Waals surface area contributed by atoms with Gasteiger partial charge in [0.05, 0.1) is 0 Å². The van der Waals surface area contributed by atoms with Gasteiger partial charge in [0.15, 0.2) is 0 Å². The van der Waals surface area contributed by atoms with Crippen molar-refractivity contribution in [2.24, 2.45) is 5.92 Å². The Morgan fingerprint density at radius 2 is 2.24 bits per heavy atom. The smallest absolute Gasteiger partial charge is 0.270 e. The van der Waals surface area contributed by atoms with Crippen molar-refractivity contribution in [3.05, 3.63) is 59.2 Å². The molecule has 4 heteroatoms. The Morgan fingerprint density at radius 3 is 2.90 bits per heavy atom. The van der Waals surface area contributed by atoms with E-state index in [9.17, 15) is 8.78 Å². The second-order valence-corrected chi connectivity index (χ2v) is 6.14. The summed E-state index contributed by atoms with van der Waals surface area (Å²) in [5, 5.41) is 0. The number of rotatable bonds is 4. The van der Waals surface area contributed by atoms with E-state index in [-0.39, 0.29) is 11.6 Å². The lowest BCUT2D eigenvalue weighted by atomic mass is 10.1. The molecule has 1 aromatic carbocycles. The predicted molar refractivity (Wildman–Crippen MR) is 85.0 cm³/mol. The van der Waals surface area contributed by atoms with Gasteiger partial charge in [0.25, 0.3) is 6.01 Å². The van der Waals surface area contributed by atoms with Crippen molar-refractivity contribution >= 4 is 16.7 Å². The Balaban J connectivity index is 2.42. The number of benzene rings is 1. The molecular formula is C17H18F2OS. The lowest BCUT2D eigenvalue weighted by Crippen LogP contribution is -1.94. The summed E-state index contributed by atoms with van der Waals surface area (Å²) >= 11 is 1.58. The molecule has 1 atom stereocenters. The van der Waals surface area contributed by atoms with Gasteiger partial charge in [0, 0.05) is 10.5 Å². The largest absolute Gasteiger partial charge is 0.431 e. The van der Waals surface area contributed by atoms with E-state index in [2.05, 4.69) is 32.6 Å². The zero-order valence-corrected chi connectivity index (χ0v) is 13.0. The minimum atomic E-state index is -0.901. The van der Waals surface area contributed by atoms with Crippen molar-refractivity contribution in [2.75, 3.05) is 0 Å². The van der Waals surface area contributed by atoms with Gasteiger partial charge in [-0.2, -0.15) is 4.39 Å². The summed E-state index contributed by atoms with van der Waals surface area (Å²) in [7, 11) is 0. The van der Waals surface area contributed by atoms with Crippen LogP contribution in [-0.4, -0.2) is 0 Å². The molecule has 0 amide bonds. The molecule has 0 saturated heterocycles. The van der Waals surface area contributed by atoms with E-state index in [1.165, 1.54) is 23.1 Å². The zero-order valence-electron chi connectivity index (χ0n) is 12.2. The van der Waals surface area contributed by atoms with Crippen LogP contribution in [0.15, 0.2) is 47.8 Å². The molecule has 0 fully saturated rings. The highest BCUT2D eigenvalue weighted by molar-refractivity contribution is 8.11. The summed E-state index contributed by atoms with van der Waals surface area (Å²) < 4.78 is 31.5. The minimum absolute atomic E-state index is 0.285. The van der Waals surface area contributed by atoms with Gasteiger partial charge in [-0.15, -0.1) is 0 Å². The highest BCUT2D eigenvalue weighted by Gasteiger charge is 2.16. The van der Waals surface area contributed by atoms with E-state index in [0.29, 0.717) is 11.5 Å². The number of hydrogen-bond acceptors (Lipinski definition) is 2. The van der Waals surface area contributed by atoms with E-state index in [0.717, 1.165) is 17.7 Å². The van der Waals surface area contributed by atoms with Crippen LogP contribution in [0.4, 0.5) is 8.78 Å². The van der Waals surface area contributed by atoms with Crippen molar-refractivity contribution in [3.63, 3.8) is 0 Å². The number of allylic oxidation sites excluding steroid dienone is 3. The third kappa shape index (κ3) is 4.21. The molecule has 0 saturated carbocycles. The van der Waals surface area contributed by atoms with E-state index in [1.54, 1.807) is 11.8 Å². The number of thioether (sulfide) groups is 1. The molecule has 112 valence electrons. The van der Waals surface area contributed by atoms with Crippen LogP contribution >= 0.6 is 11.8 Å². The van der Waals surface area contributed by atoms with E-state index < -0.39 is 6.01 Å². The second-order valence-electron chi connectivity index (χ2n) is 4.97. The molecule has 0 N–H and O–H groups in total. The first-order valence-corrected chi connectivity index (χ1v) is 7.72. The van der Waals surface area contributed by atoms with Crippen LogP contribution in [0.5, 0.6) is 5.75 Å². The lowest BCUT2D eigenvalue weighted by molar-refractivity contribution is 0.304. The normalized spacial score (nSPS) is 18.6. The van der Waals surface area contributed by atoms with Crippen molar-refractivity contribution in [2.45, 2.75) is 26.7 Å². The third-order valence-corrected chi connectivity index (χ3v) is 4.46. The zero-order chi connectivity index (χ0) is 15.4. The van der Waals surface area contributed by atoms with Gasteiger partial charge < -0.3 is 4.74 Å². The Morgan fingerprint density at radius 1 is 1.48 bits per heavy atom. The Labute approximate surface area is 128 Å². The molecule has 0 spiro atoms. The predicted octanol–water partition coefficient (Wildman–Crippen LogP) is 6.05. The SMILES string of the molecule is C=C(F)Oc1ccc(F)cc1C1=CCC(C)C=C(CC)S1. The summed E-state index contributed by atoms with van der Waals surface area (Å²) in [6.45, 7) is 7.33. The Hall–Kier alpha value is -1.55. The van der Waals surface area contributed by atoms with Crippen molar-refractivity contribution in [1.82, 2.24) is 0 Å². The van der Waals surface area contributed by atoms with Gasteiger partial charge in [-0.1, -0.05) is 37.8 Å². The molecule has 1 unspecified atom stereocenters. The number of hydrogen-bond donors (Lipinski definition) is 0. The van der Waals surface area contributed by atoms with Crippen LogP contribution in [0.2, 0.25) is 0 Å². The third-order valence-electron chi connectivity index (χ3n) is 3.16. The summed E-state index contributed by atoms with van der Waals surface area (Å²) in [6, 6.07) is 3.16. The average Bonchev–Trinajstić information content (AvgIpc) is 2.62. The molecule has 1 nitrogen and oxygen atoms in total. The van der Waals surface area contributed by atoms with Gasteiger partial charge in [0.2, 0.25) is 0 Å². The van der Waals surface area contributed by atoms with Crippen LogP contribution in [0.25, 0.3) is 4.91 Å². The van der Waals surface area contributed by atoms with Crippen LogP contribution in [-0.2, 0) is 0 Å². The van der Waals surface area contributed by atoms with Gasteiger partial charge in [-0.05, 0) is 48.4 Å². The standard InChI is InChI=1S/C17H18F2OS/c1-4-14-9-11(2)5-8-17(21-14)15-10-13(19)6-7-16(15)20-12(3)18/h6-11H,3-5H2,1-2H3. The maximum absolute atomic E-state index is 13.6. The number of ether oxygens (including phenoxy) is 1. The molecule has 1 aliphatic rings. The topological polar surface area (TPSA) is 9.23 Å². The maximum atomic E-state index is 13.6. The monoisotopic (exact) mass is 308 g/mol. The van der Waals surface area contributed by atoms with Crippen LogP contribution < -0.4 is 4.74 Å². The first-order valence-electron chi connectivity index (χ1n) is 6.90. The van der Waals surface area contributed by atoms with Crippen LogP contribution in [0.3, 0.4) is 0 Å². The van der Waals surface area contributed by atoms with Gasteiger partial charge in [-0.25, -0.2) is 4.39 Å². The van der Waals surface area contributed by atoms with Gasteiger partial charge in [0.1, 0.15) is 11.6 Å². The molecule has 1 heterocycles. The fraction of sp³-hybridized carbons (Fsp3) is 0.294. The fourth-order valence-electron chi connectivity index (χ4n) is 2.15. The van der Waals surface area contributed by atoms with E-state index >= 15 is 0 Å². The molecule has 1 aliphatic heterocycles. The summed E-state index contributed by atoms with van der Waals surface area (Å²) in [4.78, 5) is 2.11. The minimum Gasteiger partial charge on any atom is -0.431 e.